The molecule has 0 aliphatic rings. The summed E-state index contributed by atoms with van der Waals surface area (Å²) in [6.07, 6.45) is 0. The van der Waals surface area contributed by atoms with E-state index in [0.717, 1.165) is 6.07 Å². The molecule has 0 heterocycles. The van der Waals surface area contributed by atoms with Gasteiger partial charge in [-0.15, -0.1) is 0 Å². The summed E-state index contributed by atoms with van der Waals surface area (Å²) < 4.78 is 45.6. The largest absolute Gasteiger partial charge is 0.486 e. The molecule has 0 saturated heterocycles. The Labute approximate surface area is 132 Å². The normalized spacial score (nSPS) is 10.5. The van der Waals surface area contributed by atoms with Crippen LogP contribution < -0.4 is 10.5 Å². The zero-order valence-corrected chi connectivity index (χ0v) is 12.9. The SMILES string of the molecule is NC(=S)c1ccc(F)cc1COc1cc(Br)cc(F)c1F. The van der Waals surface area contributed by atoms with Gasteiger partial charge in [0, 0.05) is 15.6 Å². The molecule has 0 fully saturated rings. The van der Waals surface area contributed by atoms with Crippen LogP contribution in [0, 0.1) is 17.5 Å². The van der Waals surface area contributed by atoms with Crippen molar-refractivity contribution < 1.29 is 17.9 Å². The number of hydrogen-bond acceptors (Lipinski definition) is 2. The first-order valence-electron chi connectivity index (χ1n) is 5.74. The van der Waals surface area contributed by atoms with Gasteiger partial charge in [0.25, 0.3) is 0 Å². The summed E-state index contributed by atoms with van der Waals surface area (Å²) in [7, 11) is 0. The highest BCUT2D eigenvalue weighted by atomic mass is 79.9. The summed E-state index contributed by atoms with van der Waals surface area (Å²) >= 11 is 7.88. The van der Waals surface area contributed by atoms with Crippen molar-refractivity contribution in [1.29, 1.82) is 0 Å². The van der Waals surface area contributed by atoms with Crippen LogP contribution in [-0.4, -0.2) is 4.99 Å². The predicted octanol–water partition coefficient (Wildman–Crippen LogP) is 4.08. The lowest BCUT2D eigenvalue weighted by Gasteiger charge is -2.11. The Kier molecular flexibility index (Phi) is 4.84. The zero-order chi connectivity index (χ0) is 15.6. The Morgan fingerprint density at radius 2 is 1.90 bits per heavy atom. The lowest BCUT2D eigenvalue weighted by Crippen LogP contribution is -2.14. The maximum atomic E-state index is 13.6. The van der Waals surface area contributed by atoms with Crippen LogP contribution in [0.3, 0.4) is 0 Å². The fourth-order valence-electron chi connectivity index (χ4n) is 1.71. The molecule has 0 aliphatic carbocycles. The molecule has 21 heavy (non-hydrogen) atoms. The van der Waals surface area contributed by atoms with Gasteiger partial charge >= 0.3 is 0 Å². The van der Waals surface area contributed by atoms with Crippen molar-refractivity contribution in [2.45, 2.75) is 6.61 Å². The molecular formula is C14H9BrF3NOS. The van der Waals surface area contributed by atoms with Crippen molar-refractivity contribution in [1.82, 2.24) is 0 Å². The first-order chi connectivity index (χ1) is 9.88. The van der Waals surface area contributed by atoms with E-state index in [-0.39, 0.29) is 17.3 Å². The Bertz CT molecular complexity index is 709. The van der Waals surface area contributed by atoms with Crippen LogP contribution in [0.5, 0.6) is 5.75 Å². The minimum absolute atomic E-state index is 0.0643. The highest BCUT2D eigenvalue weighted by Crippen LogP contribution is 2.26. The fourth-order valence-corrected chi connectivity index (χ4v) is 2.32. The number of thiocarbonyl (C=S) groups is 1. The maximum absolute atomic E-state index is 13.6. The minimum Gasteiger partial charge on any atom is -0.486 e. The average Bonchev–Trinajstić information content (AvgIpc) is 2.40. The number of rotatable bonds is 4. The molecule has 2 N–H and O–H groups in total. The molecule has 0 atom stereocenters. The van der Waals surface area contributed by atoms with Gasteiger partial charge in [-0.1, -0.05) is 28.1 Å². The average molecular weight is 376 g/mol. The fraction of sp³-hybridized carbons (Fsp3) is 0.0714. The smallest absolute Gasteiger partial charge is 0.200 e. The van der Waals surface area contributed by atoms with Gasteiger partial charge in [0.1, 0.15) is 17.4 Å². The van der Waals surface area contributed by atoms with Gasteiger partial charge in [0.15, 0.2) is 11.6 Å². The van der Waals surface area contributed by atoms with E-state index < -0.39 is 17.5 Å². The molecule has 2 aromatic carbocycles. The second-order valence-electron chi connectivity index (χ2n) is 4.15. The van der Waals surface area contributed by atoms with Crippen molar-refractivity contribution in [3.63, 3.8) is 0 Å². The molecule has 0 amide bonds. The molecule has 0 aromatic heterocycles. The second-order valence-corrected chi connectivity index (χ2v) is 5.51. The van der Waals surface area contributed by atoms with Gasteiger partial charge in [-0.05, 0) is 30.3 Å². The van der Waals surface area contributed by atoms with E-state index in [1.165, 1.54) is 24.3 Å². The Hall–Kier alpha value is -1.60. The van der Waals surface area contributed by atoms with Gasteiger partial charge in [-0.2, -0.15) is 4.39 Å². The molecule has 2 rings (SSSR count). The Morgan fingerprint density at radius 1 is 1.19 bits per heavy atom. The monoisotopic (exact) mass is 375 g/mol. The third-order valence-electron chi connectivity index (χ3n) is 2.68. The summed E-state index contributed by atoms with van der Waals surface area (Å²) in [5.41, 5.74) is 6.29. The van der Waals surface area contributed by atoms with Crippen LogP contribution >= 0.6 is 28.1 Å². The van der Waals surface area contributed by atoms with E-state index in [1.54, 1.807) is 0 Å². The summed E-state index contributed by atoms with van der Waals surface area (Å²) in [6, 6.07) is 6.05. The summed E-state index contributed by atoms with van der Waals surface area (Å²) in [6.45, 7) is -0.197. The Morgan fingerprint density at radius 3 is 2.57 bits per heavy atom. The van der Waals surface area contributed by atoms with Gasteiger partial charge in [-0.25, -0.2) is 8.78 Å². The van der Waals surface area contributed by atoms with Gasteiger partial charge in [0.2, 0.25) is 5.82 Å². The summed E-state index contributed by atoms with van der Waals surface area (Å²) in [4.78, 5) is 0.0643. The molecule has 2 aromatic rings. The molecule has 0 radical (unpaired) electrons. The molecule has 7 heteroatoms. The van der Waals surface area contributed by atoms with Crippen LogP contribution in [0.4, 0.5) is 13.2 Å². The lowest BCUT2D eigenvalue weighted by molar-refractivity contribution is 0.283. The van der Waals surface area contributed by atoms with Crippen molar-refractivity contribution in [3.8, 4) is 5.75 Å². The third-order valence-corrected chi connectivity index (χ3v) is 3.35. The quantitative estimate of drug-likeness (QED) is 0.645. The van der Waals surface area contributed by atoms with E-state index in [9.17, 15) is 13.2 Å². The summed E-state index contributed by atoms with van der Waals surface area (Å²) in [5, 5.41) is 0. The topological polar surface area (TPSA) is 35.2 Å². The molecule has 2 nitrogen and oxygen atoms in total. The number of ether oxygens (including phenoxy) is 1. The maximum Gasteiger partial charge on any atom is 0.200 e. The second kappa shape index (κ2) is 6.44. The van der Waals surface area contributed by atoms with Crippen LogP contribution in [0.15, 0.2) is 34.8 Å². The van der Waals surface area contributed by atoms with E-state index in [4.69, 9.17) is 22.7 Å². The molecular weight excluding hydrogens is 367 g/mol. The number of nitrogens with two attached hydrogens (primary N) is 1. The minimum atomic E-state index is -1.12. The first kappa shape index (κ1) is 15.8. The predicted molar refractivity (Wildman–Crippen MR) is 80.7 cm³/mol. The van der Waals surface area contributed by atoms with Crippen molar-refractivity contribution in [3.05, 3.63) is 63.4 Å². The molecule has 0 saturated carbocycles. The van der Waals surface area contributed by atoms with E-state index in [2.05, 4.69) is 15.9 Å². The van der Waals surface area contributed by atoms with Crippen LogP contribution in [0.2, 0.25) is 0 Å². The van der Waals surface area contributed by atoms with Crippen LogP contribution in [0.1, 0.15) is 11.1 Å². The number of halogens is 4. The highest BCUT2D eigenvalue weighted by molar-refractivity contribution is 9.10. The third kappa shape index (κ3) is 3.74. The van der Waals surface area contributed by atoms with Crippen molar-refractivity contribution in [2.24, 2.45) is 5.73 Å². The van der Waals surface area contributed by atoms with E-state index in [1.807, 2.05) is 0 Å². The van der Waals surface area contributed by atoms with Crippen LogP contribution in [0.25, 0.3) is 0 Å². The van der Waals surface area contributed by atoms with Gasteiger partial charge in [0.05, 0.1) is 0 Å². The summed E-state index contributed by atoms with van der Waals surface area (Å²) in [5.74, 6) is -2.96. The molecule has 0 bridgehead atoms. The van der Waals surface area contributed by atoms with Crippen molar-refractivity contribution >= 4 is 33.1 Å². The molecule has 0 spiro atoms. The number of hydrogen-bond donors (Lipinski definition) is 1. The van der Waals surface area contributed by atoms with Gasteiger partial charge < -0.3 is 10.5 Å². The standard InChI is InChI=1S/C14H9BrF3NOS/c15-8-4-11(17)13(18)12(5-8)20-6-7-3-9(16)1-2-10(7)14(19)21/h1-5H,6H2,(H2,19,21). The van der Waals surface area contributed by atoms with E-state index >= 15 is 0 Å². The van der Waals surface area contributed by atoms with E-state index in [0.29, 0.717) is 15.6 Å². The van der Waals surface area contributed by atoms with Crippen molar-refractivity contribution in [2.75, 3.05) is 0 Å². The zero-order valence-electron chi connectivity index (χ0n) is 10.5. The first-order valence-corrected chi connectivity index (χ1v) is 6.94. The van der Waals surface area contributed by atoms with Gasteiger partial charge in [-0.3, -0.25) is 0 Å². The number of benzene rings is 2. The molecule has 110 valence electrons. The Balaban J connectivity index is 2.28. The van der Waals surface area contributed by atoms with Crippen LogP contribution in [-0.2, 0) is 6.61 Å². The lowest BCUT2D eigenvalue weighted by atomic mass is 10.1. The molecule has 0 unspecified atom stereocenters. The molecule has 0 aliphatic heterocycles. The highest BCUT2D eigenvalue weighted by Gasteiger charge is 2.13.